The van der Waals surface area contributed by atoms with Crippen LogP contribution in [0.25, 0.3) is 11.3 Å². The van der Waals surface area contributed by atoms with Crippen LogP contribution in [0.15, 0.2) is 24.4 Å². The van der Waals surface area contributed by atoms with Crippen LogP contribution in [0.2, 0.25) is 0 Å². The van der Waals surface area contributed by atoms with E-state index in [0.717, 1.165) is 28.4 Å². The topological polar surface area (TPSA) is 47.3 Å². The summed E-state index contributed by atoms with van der Waals surface area (Å²) in [6.45, 7) is 2.13. The van der Waals surface area contributed by atoms with Crippen molar-refractivity contribution in [3.63, 3.8) is 0 Å². The molecule has 0 fully saturated rings. The SMILES string of the molecule is COc1ccc(-c2cn(C)c(CCO)n2)cc1C. The van der Waals surface area contributed by atoms with Crippen molar-refractivity contribution in [2.45, 2.75) is 13.3 Å². The molecular weight excluding hydrogens is 228 g/mol. The maximum Gasteiger partial charge on any atom is 0.121 e. The van der Waals surface area contributed by atoms with Crippen molar-refractivity contribution in [2.24, 2.45) is 7.05 Å². The highest BCUT2D eigenvalue weighted by atomic mass is 16.5. The highest BCUT2D eigenvalue weighted by Crippen LogP contribution is 2.25. The van der Waals surface area contributed by atoms with Gasteiger partial charge in [-0.2, -0.15) is 0 Å². The first-order valence-electron chi connectivity index (χ1n) is 5.94. The van der Waals surface area contributed by atoms with E-state index in [-0.39, 0.29) is 6.61 Å². The van der Waals surface area contributed by atoms with E-state index in [4.69, 9.17) is 9.84 Å². The van der Waals surface area contributed by atoms with Gasteiger partial charge in [0.05, 0.1) is 19.4 Å². The summed E-state index contributed by atoms with van der Waals surface area (Å²) in [6, 6.07) is 6.01. The van der Waals surface area contributed by atoms with Crippen LogP contribution in [0.4, 0.5) is 0 Å². The molecule has 2 rings (SSSR count). The smallest absolute Gasteiger partial charge is 0.121 e. The lowest BCUT2D eigenvalue weighted by atomic mass is 10.1. The van der Waals surface area contributed by atoms with Gasteiger partial charge >= 0.3 is 0 Å². The molecule has 0 amide bonds. The van der Waals surface area contributed by atoms with Crippen molar-refractivity contribution in [1.29, 1.82) is 0 Å². The number of nitrogens with zero attached hydrogens (tertiary/aromatic N) is 2. The van der Waals surface area contributed by atoms with Crippen LogP contribution in [0, 0.1) is 6.92 Å². The largest absolute Gasteiger partial charge is 0.496 e. The van der Waals surface area contributed by atoms with E-state index < -0.39 is 0 Å². The molecule has 0 aliphatic rings. The lowest BCUT2D eigenvalue weighted by Crippen LogP contribution is -1.99. The van der Waals surface area contributed by atoms with E-state index in [1.54, 1.807) is 7.11 Å². The van der Waals surface area contributed by atoms with E-state index >= 15 is 0 Å². The molecule has 0 atom stereocenters. The van der Waals surface area contributed by atoms with Gasteiger partial charge in [0.2, 0.25) is 0 Å². The van der Waals surface area contributed by atoms with Crippen molar-refractivity contribution in [3.05, 3.63) is 35.8 Å². The van der Waals surface area contributed by atoms with Crippen molar-refractivity contribution in [1.82, 2.24) is 9.55 Å². The zero-order valence-corrected chi connectivity index (χ0v) is 11.0. The van der Waals surface area contributed by atoms with Crippen LogP contribution in [-0.2, 0) is 13.5 Å². The van der Waals surface area contributed by atoms with E-state index in [1.807, 2.05) is 36.9 Å². The standard InChI is InChI=1S/C14H18N2O2/c1-10-8-11(4-5-13(10)18-3)12-9-16(2)14(15-12)6-7-17/h4-5,8-9,17H,6-7H2,1-3H3. The Balaban J connectivity index is 2.36. The molecule has 4 heteroatoms. The maximum atomic E-state index is 8.97. The molecule has 2 aromatic rings. The number of benzene rings is 1. The number of aryl methyl sites for hydroxylation is 2. The number of aromatic nitrogens is 2. The molecule has 0 unspecified atom stereocenters. The maximum absolute atomic E-state index is 8.97. The van der Waals surface area contributed by atoms with Gasteiger partial charge in [-0.1, -0.05) is 0 Å². The second-order valence-electron chi connectivity index (χ2n) is 4.31. The van der Waals surface area contributed by atoms with E-state index in [0.29, 0.717) is 6.42 Å². The first kappa shape index (κ1) is 12.6. The minimum atomic E-state index is 0.117. The number of ether oxygens (including phenoxy) is 1. The van der Waals surface area contributed by atoms with Gasteiger partial charge in [-0.05, 0) is 30.7 Å². The molecular formula is C14H18N2O2. The number of aliphatic hydroxyl groups is 1. The third-order valence-electron chi connectivity index (χ3n) is 3.00. The fraction of sp³-hybridized carbons (Fsp3) is 0.357. The van der Waals surface area contributed by atoms with E-state index in [1.165, 1.54) is 0 Å². The normalized spacial score (nSPS) is 10.7. The summed E-state index contributed by atoms with van der Waals surface area (Å²) in [6.07, 6.45) is 2.55. The molecule has 1 N–H and O–H groups in total. The second kappa shape index (κ2) is 5.23. The predicted octanol–water partition coefficient (Wildman–Crippen LogP) is 1.94. The average Bonchev–Trinajstić information content (AvgIpc) is 2.71. The molecule has 0 radical (unpaired) electrons. The van der Waals surface area contributed by atoms with E-state index in [2.05, 4.69) is 11.1 Å². The molecule has 0 aliphatic carbocycles. The Bertz CT molecular complexity index is 547. The van der Waals surface area contributed by atoms with Gasteiger partial charge in [0.1, 0.15) is 11.6 Å². The van der Waals surface area contributed by atoms with Gasteiger partial charge in [0, 0.05) is 25.2 Å². The van der Waals surface area contributed by atoms with Crippen LogP contribution >= 0.6 is 0 Å². The van der Waals surface area contributed by atoms with Crippen LogP contribution in [0.3, 0.4) is 0 Å². The summed E-state index contributed by atoms with van der Waals surface area (Å²) in [5.74, 6) is 1.77. The quantitative estimate of drug-likeness (QED) is 0.896. The number of methoxy groups -OCH3 is 1. The summed E-state index contributed by atoms with van der Waals surface area (Å²) in [5.41, 5.74) is 3.07. The van der Waals surface area contributed by atoms with Crippen molar-refractivity contribution < 1.29 is 9.84 Å². The van der Waals surface area contributed by atoms with Crippen molar-refractivity contribution >= 4 is 0 Å². The Morgan fingerprint density at radius 1 is 1.39 bits per heavy atom. The molecule has 0 bridgehead atoms. The molecule has 1 aromatic heterocycles. The Labute approximate surface area is 107 Å². The minimum Gasteiger partial charge on any atom is -0.496 e. The van der Waals surface area contributed by atoms with Crippen LogP contribution in [-0.4, -0.2) is 28.4 Å². The molecule has 0 spiro atoms. The average molecular weight is 246 g/mol. The summed E-state index contributed by atoms with van der Waals surface area (Å²) < 4.78 is 7.19. The molecule has 1 heterocycles. The summed E-state index contributed by atoms with van der Waals surface area (Å²) in [4.78, 5) is 4.53. The molecule has 4 nitrogen and oxygen atoms in total. The Morgan fingerprint density at radius 2 is 2.17 bits per heavy atom. The third-order valence-corrected chi connectivity index (χ3v) is 3.00. The number of imidazole rings is 1. The lowest BCUT2D eigenvalue weighted by molar-refractivity contribution is 0.295. The first-order chi connectivity index (χ1) is 8.65. The number of rotatable bonds is 4. The van der Waals surface area contributed by atoms with Crippen LogP contribution < -0.4 is 4.74 Å². The molecule has 0 saturated carbocycles. The highest BCUT2D eigenvalue weighted by Gasteiger charge is 2.08. The van der Waals surface area contributed by atoms with Gasteiger partial charge < -0.3 is 14.4 Å². The van der Waals surface area contributed by atoms with Gasteiger partial charge in [0.15, 0.2) is 0 Å². The zero-order chi connectivity index (χ0) is 13.1. The van der Waals surface area contributed by atoms with Crippen LogP contribution in [0.5, 0.6) is 5.75 Å². The Morgan fingerprint density at radius 3 is 2.78 bits per heavy atom. The summed E-state index contributed by atoms with van der Waals surface area (Å²) >= 11 is 0. The van der Waals surface area contributed by atoms with Gasteiger partial charge in [0.25, 0.3) is 0 Å². The predicted molar refractivity (Wildman–Crippen MR) is 70.7 cm³/mol. The van der Waals surface area contributed by atoms with Gasteiger partial charge in [-0.3, -0.25) is 0 Å². The molecule has 18 heavy (non-hydrogen) atoms. The Kier molecular flexibility index (Phi) is 3.67. The molecule has 0 saturated heterocycles. The van der Waals surface area contributed by atoms with Gasteiger partial charge in [-0.15, -0.1) is 0 Å². The molecule has 1 aromatic carbocycles. The first-order valence-corrected chi connectivity index (χ1v) is 5.94. The summed E-state index contributed by atoms with van der Waals surface area (Å²) in [7, 11) is 3.61. The fourth-order valence-corrected chi connectivity index (χ4v) is 2.01. The number of hydrogen-bond donors (Lipinski definition) is 1. The third kappa shape index (κ3) is 2.38. The summed E-state index contributed by atoms with van der Waals surface area (Å²) in [5, 5.41) is 8.97. The van der Waals surface area contributed by atoms with Gasteiger partial charge in [-0.25, -0.2) is 4.98 Å². The minimum absolute atomic E-state index is 0.117. The monoisotopic (exact) mass is 246 g/mol. The lowest BCUT2D eigenvalue weighted by Gasteiger charge is -2.05. The second-order valence-corrected chi connectivity index (χ2v) is 4.31. The number of aliphatic hydroxyl groups excluding tert-OH is 1. The Hall–Kier alpha value is -1.81. The highest BCUT2D eigenvalue weighted by molar-refractivity contribution is 5.61. The molecule has 96 valence electrons. The van der Waals surface area contributed by atoms with E-state index in [9.17, 15) is 0 Å². The van der Waals surface area contributed by atoms with Crippen molar-refractivity contribution in [3.8, 4) is 17.0 Å². The molecule has 0 aliphatic heterocycles. The van der Waals surface area contributed by atoms with Crippen LogP contribution in [0.1, 0.15) is 11.4 Å². The number of hydrogen-bond acceptors (Lipinski definition) is 3. The zero-order valence-electron chi connectivity index (χ0n) is 11.0. The fourth-order valence-electron chi connectivity index (χ4n) is 2.01. The van der Waals surface area contributed by atoms with Crippen molar-refractivity contribution in [2.75, 3.05) is 13.7 Å².